The van der Waals surface area contributed by atoms with Crippen molar-refractivity contribution in [2.24, 2.45) is 0 Å². The monoisotopic (exact) mass is 359 g/mol. The number of para-hydroxylation sites is 1. The minimum atomic E-state index is -1.47. The van der Waals surface area contributed by atoms with Gasteiger partial charge in [0.25, 0.3) is 5.91 Å². The number of benzene rings is 2. The number of rotatable bonds is 4. The maximum Gasteiger partial charge on any atom is 0.255 e. The van der Waals surface area contributed by atoms with Gasteiger partial charge in [0.05, 0.1) is 6.61 Å². The molecule has 0 aromatic heterocycles. The van der Waals surface area contributed by atoms with Gasteiger partial charge in [-0.3, -0.25) is 4.79 Å². The Labute approximate surface area is 150 Å². The van der Waals surface area contributed by atoms with E-state index in [1.165, 1.54) is 0 Å². The lowest BCUT2D eigenvalue weighted by atomic mass is 9.90. The van der Waals surface area contributed by atoms with E-state index >= 15 is 0 Å². The molecule has 138 valence electrons. The Morgan fingerprint density at radius 3 is 2.38 bits per heavy atom. The van der Waals surface area contributed by atoms with Crippen molar-refractivity contribution < 1.29 is 30.0 Å². The van der Waals surface area contributed by atoms with Crippen LogP contribution < -0.4 is 5.32 Å². The number of hydrogen-bond donors (Lipinski definition) is 5. The van der Waals surface area contributed by atoms with Crippen LogP contribution in [-0.2, 0) is 4.74 Å². The molecular formula is C19H21NO6. The average molecular weight is 359 g/mol. The van der Waals surface area contributed by atoms with Gasteiger partial charge in [0.2, 0.25) is 0 Å². The highest BCUT2D eigenvalue weighted by molar-refractivity contribution is 6.04. The molecular weight excluding hydrogens is 338 g/mol. The van der Waals surface area contributed by atoms with Crippen molar-refractivity contribution >= 4 is 11.6 Å². The van der Waals surface area contributed by atoms with Crippen LogP contribution in [0, 0.1) is 0 Å². The summed E-state index contributed by atoms with van der Waals surface area (Å²) in [6, 6.07) is 15.4. The topological polar surface area (TPSA) is 119 Å². The third-order valence-electron chi connectivity index (χ3n) is 4.40. The molecule has 0 bridgehead atoms. The van der Waals surface area contributed by atoms with Crippen molar-refractivity contribution in [1.82, 2.24) is 0 Å². The summed E-state index contributed by atoms with van der Waals surface area (Å²) in [5.74, 6) is -0.331. The van der Waals surface area contributed by atoms with Crippen LogP contribution in [-0.4, -0.2) is 57.4 Å². The van der Waals surface area contributed by atoms with Gasteiger partial charge in [0.15, 0.2) is 0 Å². The third-order valence-corrected chi connectivity index (χ3v) is 4.40. The summed E-state index contributed by atoms with van der Waals surface area (Å²) >= 11 is 0. The first-order valence-electron chi connectivity index (χ1n) is 8.28. The number of aliphatic hydroxyl groups is 4. The Kier molecular flexibility index (Phi) is 5.65. The first kappa shape index (κ1) is 18.5. The molecule has 0 saturated carbocycles. The molecule has 5 atom stereocenters. The molecule has 1 amide bonds. The van der Waals surface area contributed by atoms with Crippen molar-refractivity contribution in [2.45, 2.75) is 30.5 Å². The van der Waals surface area contributed by atoms with E-state index in [0.717, 1.165) is 0 Å². The number of ether oxygens (including phenoxy) is 1. The van der Waals surface area contributed by atoms with Gasteiger partial charge >= 0.3 is 0 Å². The van der Waals surface area contributed by atoms with Gasteiger partial charge < -0.3 is 30.5 Å². The van der Waals surface area contributed by atoms with Crippen molar-refractivity contribution in [3.05, 3.63) is 65.7 Å². The molecule has 26 heavy (non-hydrogen) atoms. The SMILES string of the molecule is O=C(Nc1ccccc1)c1cccc([C@H]2O[C@H](CO)[C@@H](O)[C@H](O)[C@H]2O)c1. The van der Waals surface area contributed by atoms with Crippen LogP contribution >= 0.6 is 0 Å². The largest absolute Gasteiger partial charge is 0.394 e. The van der Waals surface area contributed by atoms with Crippen LogP contribution in [0.25, 0.3) is 0 Å². The second-order valence-corrected chi connectivity index (χ2v) is 6.20. The van der Waals surface area contributed by atoms with Gasteiger partial charge in [-0.15, -0.1) is 0 Å². The van der Waals surface area contributed by atoms with E-state index in [-0.39, 0.29) is 5.91 Å². The van der Waals surface area contributed by atoms with Crippen LogP contribution in [0.4, 0.5) is 5.69 Å². The maximum absolute atomic E-state index is 12.4. The quantitative estimate of drug-likeness (QED) is 0.541. The van der Waals surface area contributed by atoms with Crippen LogP contribution in [0.2, 0.25) is 0 Å². The van der Waals surface area contributed by atoms with E-state index in [0.29, 0.717) is 16.8 Å². The molecule has 2 aromatic carbocycles. The Bertz CT molecular complexity index is 751. The molecule has 1 heterocycles. The van der Waals surface area contributed by atoms with E-state index in [4.69, 9.17) is 4.74 Å². The number of nitrogens with one attached hydrogen (secondary N) is 1. The molecule has 2 aromatic rings. The molecule has 7 heteroatoms. The van der Waals surface area contributed by atoms with Crippen LogP contribution in [0.3, 0.4) is 0 Å². The Balaban J connectivity index is 1.81. The van der Waals surface area contributed by atoms with E-state index in [1.54, 1.807) is 48.5 Å². The first-order chi connectivity index (χ1) is 12.5. The molecule has 1 fully saturated rings. The van der Waals surface area contributed by atoms with Crippen molar-refractivity contribution in [1.29, 1.82) is 0 Å². The normalized spacial score (nSPS) is 28.5. The summed E-state index contributed by atoms with van der Waals surface area (Å²) in [6.45, 7) is -0.504. The predicted octanol–water partition coefficient (Wildman–Crippen LogP) is 0.454. The van der Waals surface area contributed by atoms with Crippen molar-refractivity contribution in [2.75, 3.05) is 11.9 Å². The minimum Gasteiger partial charge on any atom is -0.394 e. The van der Waals surface area contributed by atoms with Crippen LogP contribution in [0.15, 0.2) is 54.6 Å². The average Bonchev–Trinajstić information content (AvgIpc) is 2.67. The van der Waals surface area contributed by atoms with Crippen LogP contribution in [0.1, 0.15) is 22.0 Å². The molecule has 0 radical (unpaired) electrons. The lowest BCUT2D eigenvalue weighted by Crippen LogP contribution is -2.55. The predicted molar refractivity (Wildman–Crippen MR) is 93.6 cm³/mol. The zero-order chi connectivity index (χ0) is 18.7. The summed E-state index contributed by atoms with van der Waals surface area (Å²) in [7, 11) is 0. The Morgan fingerprint density at radius 2 is 1.69 bits per heavy atom. The van der Waals surface area contributed by atoms with Gasteiger partial charge in [-0.2, -0.15) is 0 Å². The molecule has 0 spiro atoms. The summed E-state index contributed by atoms with van der Waals surface area (Å²) in [4.78, 5) is 12.4. The zero-order valence-corrected chi connectivity index (χ0v) is 13.9. The van der Waals surface area contributed by atoms with Gasteiger partial charge in [0.1, 0.15) is 30.5 Å². The maximum atomic E-state index is 12.4. The van der Waals surface area contributed by atoms with Gasteiger partial charge in [-0.25, -0.2) is 0 Å². The highest BCUT2D eigenvalue weighted by atomic mass is 16.5. The van der Waals surface area contributed by atoms with Crippen molar-refractivity contribution in [3.63, 3.8) is 0 Å². The number of amides is 1. The molecule has 7 nitrogen and oxygen atoms in total. The molecule has 0 aliphatic carbocycles. The number of carbonyl (C=O) groups excluding carboxylic acids is 1. The molecule has 1 aliphatic rings. The highest BCUT2D eigenvalue weighted by Gasteiger charge is 2.43. The number of hydrogen-bond acceptors (Lipinski definition) is 6. The van der Waals surface area contributed by atoms with Gasteiger partial charge in [-0.05, 0) is 29.8 Å². The fourth-order valence-corrected chi connectivity index (χ4v) is 2.96. The van der Waals surface area contributed by atoms with E-state index in [1.807, 2.05) is 6.07 Å². The molecule has 1 aliphatic heterocycles. The van der Waals surface area contributed by atoms with Crippen molar-refractivity contribution in [3.8, 4) is 0 Å². The highest BCUT2D eigenvalue weighted by Crippen LogP contribution is 2.32. The lowest BCUT2D eigenvalue weighted by Gasteiger charge is -2.40. The molecule has 1 saturated heterocycles. The fourth-order valence-electron chi connectivity index (χ4n) is 2.96. The molecule has 5 N–H and O–H groups in total. The molecule has 0 unspecified atom stereocenters. The zero-order valence-electron chi connectivity index (χ0n) is 13.9. The summed E-state index contributed by atoms with van der Waals surface area (Å²) in [6.07, 6.45) is -6.25. The Hall–Kier alpha value is -2.29. The summed E-state index contributed by atoms with van der Waals surface area (Å²) in [5.41, 5.74) is 1.46. The van der Waals surface area contributed by atoms with E-state index < -0.39 is 37.1 Å². The molecule has 3 rings (SSSR count). The van der Waals surface area contributed by atoms with Crippen LogP contribution in [0.5, 0.6) is 0 Å². The standard InChI is InChI=1S/C19H21NO6/c21-10-14-15(22)16(23)17(24)18(26-14)11-5-4-6-12(9-11)19(25)20-13-7-2-1-3-8-13/h1-9,14-18,21-24H,10H2,(H,20,25)/t14-,15-,16+,17-,18-/m1/s1. The minimum absolute atomic E-state index is 0.331. The fraction of sp³-hybridized carbons (Fsp3) is 0.316. The second-order valence-electron chi connectivity index (χ2n) is 6.20. The van der Waals surface area contributed by atoms with Gasteiger partial charge in [-0.1, -0.05) is 30.3 Å². The smallest absolute Gasteiger partial charge is 0.255 e. The Morgan fingerprint density at radius 1 is 0.962 bits per heavy atom. The van der Waals surface area contributed by atoms with E-state index in [2.05, 4.69) is 5.32 Å². The van der Waals surface area contributed by atoms with Gasteiger partial charge in [0, 0.05) is 11.3 Å². The number of aliphatic hydroxyl groups excluding tert-OH is 4. The first-order valence-corrected chi connectivity index (χ1v) is 8.28. The lowest BCUT2D eigenvalue weighted by molar-refractivity contribution is -0.231. The summed E-state index contributed by atoms with van der Waals surface area (Å²) < 4.78 is 5.53. The summed E-state index contributed by atoms with van der Waals surface area (Å²) in [5, 5.41) is 42.1. The number of anilines is 1. The second kappa shape index (κ2) is 7.94. The van der Waals surface area contributed by atoms with E-state index in [9.17, 15) is 25.2 Å². The number of carbonyl (C=O) groups is 1. The third kappa shape index (κ3) is 3.77.